The monoisotopic (exact) mass is 397 g/mol. The number of nitrogens with zero attached hydrogens (tertiary/aromatic N) is 2. The average Bonchev–Trinajstić information content (AvgIpc) is 3.25. The summed E-state index contributed by atoms with van der Waals surface area (Å²) in [5.74, 6) is 1.52. The molecule has 0 saturated carbocycles. The van der Waals surface area contributed by atoms with Crippen molar-refractivity contribution < 1.29 is 4.79 Å². The van der Waals surface area contributed by atoms with Crippen molar-refractivity contribution in [1.29, 1.82) is 0 Å². The van der Waals surface area contributed by atoms with Gasteiger partial charge < -0.3 is 5.32 Å². The number of amides is 1. The molecule has 4 rings (SSSR count). The second-order valence-electron chi connectivity index (χ2n) is 7.02. The zero-order valence-corrected chi connectivity index (χ0v) is 17.3. The number of benzene rings is 1. The van der Waals surface area contributed by atoms with Crippen LogP contribution in [0.3, 0.4) is 0 Å². The van der Waals surface area contributed by atoms with Crippen molar-refractivity contribution in [3.8, 4) is 0 Å². The maximum absolute atomic E-state index is 12.4. The van der Waals surface area contributed by atoms with E-state index in [1.54, 1.807) is 11.3 Å². The Balaban J connectivity index is 1.41. The Morgan fingerprint density at radius 1 is 1.26 bits per heavy atom. The van der Waals surface area contributed by atoms with Gasteiger partial charge in [-0.2, -0.15) is 0 Å². The molecule has 1 aliphatic rings. The Kier molecular flexibility index (Phi) is 5.45. The van der Waals surface area contributed by atoms with Crippen LogP contribution >= 0.6 is 23.1 Å². The molecule has 27 heavy (non-hydrogen) atoms. The van der Waals surface area contributed by atoms with Gasteiger partial charge in [0.25, 0.3) is 0 Å². The third-order valence-corrected chi connectivity index (χ3v) is 7.12. The molecule has 0 spiro atoms. The predicted octanol–water partition coefficient (Wildman–Crippen LogP) is 4.50. The molecule has 3 aromatic rings. The maximum atomic E-state index is 12.4. The molecule has 0 fully saturated rings. The van der Waals surface area contributed by atoms with E-state index < -0.39 is 0 Å². The molecule has 1 aromatic carbocycles. The van der Waals surface area contributed by atoms with E-state index in [2.05, 4.69) is 34.3 Å². The summed E-state index contributed by atoms with van der Waals surface area (Å²) in [7, 11) is 0. The van der Waals surface area contributed by atoms with Gasteiger partial charge in [0.15, 0.2) is 0 Å². The van der Waals surface area contributed by atoms with Crippen LogP contribution < -0.4 is 5.32 Å². The normalized spacial score (nSPS) is 14.3. The van der Waals surface area contributed by atoms with Crippen LogP contribution in [0.25, 0.3) is 10.2 Å². The first kappa shape index (κ1) is 18.4. The molecule has 0 radical (unpaired) electrons. The molecule has 6 heteroatoms. The number of hydrogen-bond donors (Lipinski definition) is 1. The molecule has 2 aromatic heterocycles. The highest BCUT2D eigenvalue weighted by Crippen LogP contribution is 2.40. The lowest BCUT2D eigenvalue weighted by atomic mass is 10.0. The highest BCUT2D eigenvalue weighted by molar-refractivity contribution is 8.00. The van der Waals surface area contributed by atoms with Crippen LogP contribution in [0.5, 0.6) is 0 Å². The van der Waals surface area contributed by atoms with E-state index in [9.17, 15) is 4.79 Å². The van der Waals surface area contributed by atoms with E-state index in [-0.39, 0.29) is 5.91 Å². The molecule has 0 aliphatic heterocycles. The van der Waals surface area contributed by atoms with Crippen molar-refractivity contribution >= 4 is 39.2 Å². The summed E-state index contributed by atoms with van der Waals surface area (Å²) < 4.78 is 0. The average molecular weight is 398 g/mol. The molecular formula is C21H23N3OS2. The summed E-state index contributed by atoms with van der Waals surface area (Å²) in [6.45, 7) is 4.71. The van der Waals surface area contributed by atoms with Gasteiger partial charge in [0.05, 0.1) is 5.75 Å². The Morgan fingerprint density at radius 2 is 2.07 bits per heavy atom. The zero-order chi connectivity index (χ0) is 18.8. The number of rotatable bonds is 6. The van der Waals surface area contributed by atoms with Crippen molar-refractivity contribution in [2.24, 2.45) is 0 Å². The van der Waals surface area contributed by atoms with Gasteiger partial charge in [0, 0.05) is 16.8 Å². The number of thiophene rings is 1. The fourth-order valence-electron chi connectivity index (χ4n) is 3.52. The van der Waals surface area contributed by atoms with Gasteiger partial charge in [0.1, 0.15) is 15.7 Å². The quantitative estimate of drug-likeness (QED) is 0.491. The molecule has 0 saturated heterocycles. The lowest BCUT2D eigenvalue weighted by Crippen LogP contribution is -2.29. The Bertz CT molecular complexity index is 968. The molecule has 140 valence electrons. The van der Waals surface area contributed by atoms with Gasteiger partial charge in [0.2, 0.25) is 5.91 Å². The van der Waals surface area contributed by atoms with Crippen LogP contribution in [-0.2, 0) is 17.6 Å². The number of hydrogen-bond acceptors (Lipinski definition) is 5. The fraction of sp³-hybridized carbons (Fsp3) is 0.381. The standard InChI is InChI=1S/C21H23N3OS2/c1-13(15-7-4-3-5-8-15)11-22-18(25)12-26-20-19-16-9-6-10-17(16)27-21(19)24-14(2)23-20/h3-5,7-8,13H,6,9-12H2,1-2H3,(H,22,25)/t13-/m0/s1. The molecule has 2 heterocycles. The van der Waals surface area contributed by atoms with Crippen molar-refractivity contribution in [2.45, 2.75) is 44.1 Å². The second-order valence-corrected chi connectivity index (χ2v) is 9.07. The molecule has 0 unspecified atom stereocenters. The van der Waals surface area contributed by atoms with Gasteiger partial charge in [-0.25, -0.2) is 9.97 Å². The summed E-state index contributed by atoms with van der Waals surface area (Å²) in [4.78, 5) is 24.2. The predicted molar refractivity (Wildman–Crippen MR) is 113 cm³/mol. The number of carbonyl (C=O) groups is 1. The molecule has 1 atom stereocenters. The number of nitrogens with one attached hydrogen (secondary N) is 1. The first-order valence-corrected chi connectivity index (χ1v) is 11.2. The maximum Gasteiger partial charge on any atom is 0.230 e. The Morgan fingerprint density at radius 3 is 2.89 bits per heavy atom. The number of carbonyl (C=O) groups excluding carboxylic acids is 1. The molecule has 1 N–H and O–H groups in total. The van der Waals surface area contributed by atoms with Gasteiger partial charge >= 0.3 is 0 Å². The minimum atomic E-state index is 0.0547. The Hall–Kier alpha value is -1.92. The third-order valence-electron chi connectivity index (χ3n) is 4.96. The lowest BCUT2D eigenvalue weighted by molar-refractivity contribution is -0.118. The van der Waals surface area contributed by atoms with Gasteiger partial charge in [-0.1, -0.05) is 49.0 Å². The van der Waals surface area contributed by atoms with E-state index >= 15 is 0 Å². The van der Waals surface area contributed by atoms with Crippen LogP contribution in [0, 0.1) is 6.92 Å². The number of aryl methyl sites for hydroxylation is 3. The van der Waals surface area contributed by atoms with Crippen LogP contribution in [0.2, 0.25) is 0 Å². The van der Waals surface area contributed by atoms with Crippen molar-refractivity contribution in [3.05, 3.63) is 52.2 Å². The summed E-state index contributed by atoms with van der Waals surface area (Å²) in [5.41, 5.74) is 2.66. The minimum absolute atomic E-state index is 0.0547. The molecule has 1 amide bonds. The van der Waals surface area contributed by atoms with Crippen molar-refractivity contribution in [1.82, 2.24) is 15.3 Å². The summed E-state index contributed by atoms with van der Waals surface area (Å²) in [6, 6.07) is 10.3. The first-order valence-electron chi connectivity index (χ1n) is 9.35. The highest BCUT2D eigenvalue weighted by Gasteiger charge is 2.22. The van der Waals surface area contributed by atoms with Crippen LogP contribution in [-0.4, -0.2) is 28.2 Å². The van der Waals surface area contributed by atoms with Gasteiger partial charge in [-0.15, -0.1) is 11.3 Å². The van der Waals surface area contributed by atoms with E-state index in [0.29, 0.717) is 18.2 Å². The first-order chi connectivity index (χ1) is 13.1. The summed E-state index contributed by atoms with van der Waals surface area (Å²) in [6.07, 6.45) is 3.47. The fourth-order valence-corrected chi connectivity index (χ4v) is 5.82. The highest BCUT2D eigenvalue weighted by atomic mass is 32.2. The lowest BCUT2D eigenvalue weighted by Gasteiger charge is -2.13. The van der Waals surface area contributed by atoms with Crippen LogP contribution in [0.1, 0.15) is 41.1 Å². The number of aromatic nitrogens is 2. The largest absolute Gasteiger partial charge is 0.355 e. The molecular weight excluding hydrogens is 374 g/mol. The molecule has 1 aliphatic carbocycles. The van der Waals surface area contributed by atoms with Gasteiger partial charge in [-0.05, 0) is 43.2 Å². The van der Waals surface area contributed by atoms with E-state index in [4.69, 9.17) is 0 Å². The van der Waals surface area contributed by atoms with Gasteiger partial charge in [-0.3, -0.25) is 4.79 Å². The van der Waals surface area contributed by atoms with Crippen LogP contribution in [0.15, 0.2) is 35.4 Å². The second kappa shape index (κ2) is 7.98. The third kappa shape index (κ3) is 4.01. The number of thioether (sulfide) groups is 1. The smallest absolute Gasteiger partial charge is 0.230 e. The summed E-state index contributed by atoms with van der Waals surface area (Å²) >= 11 is 3.33. The summed E-state index contributed by atoms with van der Waals surface area (Å²) in [5, 5.41) is 5.21. The molecule has 0 bridgehead atoms. The zero-order valence-electron chi connectivity index (χ0n) is 15.6. The topological polar surface area (TPSA) is 54.9 Å². The minimum Gasteiger partial charge on any atom is -0.355 e. The van der Waals surface area contributed by atoms with E-state index in [1.165, 1.54) is 39.6 Å². The number of fused-ring (bicyclic) bond motifs is 3. The molecule has 4 nitrogen and oxygen atoms in total. The van der Waals surface area contributed by atoms with E-state index in [0.717, 1.165) is 28.5 Å². The van der Waals surface area contributed by atoms with Crippen LogP contribution in [0.4, 0.5) is 0 Å². The van der Waals surface area contributed by atoms with E-state index in [1.807, 2.05) is 25.1 Å². The van der Waals surface area contributed by atoms with Crippen molar-refractivity contribution in [3.63, 3.8) is 0 Å². The SMILES string of the molecule is Cc1nc(SCC(=O)NC[C@H](C)c2ccccc2)c2c3c(sc2n1)CCC3. The van der Waals surface area contributed by atoms with Crippen molar-refractivity contribution in [2.75, 3.05) is 12.3 Å². The Labute approximate surface area is 167 Å².